The maximum absolute atomic E-state index is 12.1. The third-order valence-electron chi connectivity index (χ3n) is 2.18. The van der Waals surface area contributed by atoms with Gasteiger partial charge in [-0.1, -0.05) is 0 Å². The van der Waals surface area contributed by atoms with E-state index in [-0.39, 0.29) is 31.7 Å². The van der Waals surface area contributed by atoms with Crippen molar-refractivity contribution >= 4 is 12.4 Å². The highest BCUT2D eigenvalue weighted by Gasteiger charge is 2.48. The van der Waals surface area contributed by atoms with E-state index < -0.39 is 24.4 Å². The number of halogens is 7. The van der Waals surface area contributed by atoms with E-state index in [1.165, 1.54) is 0 Å². The first kappa shape index (κ1) is 14.8. The molecule has 1 rings (SSSR count). The monoisotopic (exact) mass is 257 g/mol. The molecule has 8 heteroatoms. The lowest BCUT2D eigenvalue weighted by molar-refractivity contribution is -0.197. The molecule has 0 radical (unpaired) electrons. The Hall–Kier alpha value is -0.170. The number of hydrogen-bond donors (Lipinski definition) is 1. The smallest absolute Gasteiger partial charge is 0.295 e. The lowest BCUT2D eigenvalue weighted by Gasteiger charge is -2.33. The maximum Gasteiger partial charge on any atom is 0.403 e. The molecule has 0 aromatic rings. The van der Waals surface area contributed by atoms with Crippen molar-refractivity contribution in [3.05, 3.63) is 0 Å². The Kier molecular flexibility index (Phi) is 4.72. The van der Waals surface area contributed by atoms with E-state index >= 15 is 0 Å². The van der Waals surface area contributed by atoms with Gasteiger partial charge in [0.25, 0.3) is 0 Å². The normalized spacial score (nSPS) is 28.4. The summed E-state index contributed by atoms with van der Waals surface area (Å²) in [5, 5.41) is 1.58. The van der Waals surface area contributed by atoms with Gasteiger partial charge in [0.15, 0.2) is 0 Å². The van der Waals surface area contributed by atoms with E-state index in [2.05, 4.69) is 0 Å². The van der Waals surface area contributed by atoms with Crippen molar-refractivity contribution in [2.24, 2.45) is 0 Å². The highest BCUT2D eigenvalue weighted by molar-refractivity contribution is 5.85. The number of alkyl halides is 6. The van der Waals surface area contributed by atoms with Crippen LogP contribution >= 0.6 is 12.4 Å². The highest BCUT2D eigenvalue weighted by Crippen LogP contribution is 2.33. The average Bonchev–Trinajstić information content (AvgIpc) is 2.01. The summed E-state index contributed by atoms with van der Waals surface area (Å²) in [6.45, 7) is 0. The van der Waals surface area contributed by atoms with Crippen LogP contribution in [0, 0.1) is 0 Å². The first-order chi connectivity index (χ1) is 6.21. The minimum absolute atomic E-state index is 0. The van der Waals surface area contributed by atoms with Gasteiger partial charge < -0.3 is 0 Å². The summed E-state index contributed by atoms with van der Waals surface area (Å²) in [4.78, 5) is 0. The topological polar surface area (TPSA) is 12.0 Å². The molecule has 1 fully saturated rings. The predicted molar refractivity (Wildman–Crippen MR) is 43.9 cm³/mol. The molecule has 0 saturated carbocycles. The standard InChI is InChI=1S/C7H9F6N.ClH/c8-6(9,10)4-2-1-3-5(14-4)7(11,12)13;/h4-5,14H,1-3H2;1H/t4-,5+;. The van der Waals surface area contributed by atoms with Gasteiger partial charge in [-0.2, -0.15) is 26.3 Å². The maximum atomic E-state index is 12.1. The predicted octanol–water partition coefficient (Wildman–Crippen LogP) is 3.04. The average molecular weight is 258 g/mol. The number of hydrogen-bond acceptors (Lipinski definition) is 1. The van der Waals surface area contributed by atoms with Crippen LogP contribution in [-0.4, -0.2) is 24.4 Å². The lowest BCUT2D eigenvalue weighted by Crippen LogP contribution is -2.55. The summed E-state index contributed by atoms with van der Waals surface area (Å²) in [5.74, 6) is 0. The van der Waals surface area contributed by atoms with Crippen LogP contribution in [0.25, 0.3) is 0 Å². The Balaban J connectivity index is 0.00000196. The van der Waals surface area contributed by atoms with Crippen molar-refractivity contribution in [3.8, 4) is 0 Å². The van der Waals surface area contributed by atoms with Crippen molar-refractivity contribution in [3.63, 3.8) is 0 Å². The molecule has 0 aromatic heterocycles. The number of nitrogens with one attached hydrogen (secondary N) is 1. The molecule has 1 nitrogen and oxygen atoms in total. The Bertz CT molecular complexity index is 181. The molecule has 2 atom stereocenters. The summed E-state index contributed by atoms with van der Waals surface area (Å²) < 4.78 is 72.4. The van der Waals surface area contributed by atoms with E-state index in [4.69, 9.17) is 0 Å². The van der Waals surface area contributed by atoms with Gasteiger partial charge in [0.2, 0.25) is 0 Å². The second kappa shape index (κ2) is 4.78. The molecule has 0 spiro atoms. The van der Waals surface area contributed by atoms with Crippen LogP contribution in [0.15, 0.2) is 0 Å². The van der Waals surface area contributed by atoms with Gasteiger partial charge in [0.05, 0.1) is 0 Å². The fraction of sp³-hybridized carbons (Fsp3) is 1.00. The Morgan fingerprint density at radius 3 is 1.40 bits per heavy atom. The van der Waals surface area contributed by atoms with Crippen molar-refractivity contribution in [1.82, 2.24) is 5.32 Å². The van der Waals surface area contributed by atoms with Crippen LogP contribution in [0.4, 0.5) is 26.3 Å². The fourth-order valence-electron chi connectivity index (χ4n) is 1.45. The van der Waals surface area contributed by atoms with E-state index in [1.807, 2.05) is 0 Å². The minimum Gasteiger partial charge on any atom is -0.295 e. The van der Waals surface area contributed by atoms with Gasteiger partial charge in [0.1, 0.15) is 12.1 Å². The van der Waals surface area contributed by atoms with Gasteiger partial charge in [-0.15, -0.1) is 12.4 Å². The summed E-state index contributed by atoms with van der Waals surface area (Å²) >= 11 is 0. The third kappa shape index (κ3) is 4.06. The lowest BCUT2D eigenvalue weighted by atomic mass is 9.98. The quantitative estimate of drug-likeness (QED) is 0.658. The first-order valence-electron chi connectivity index (χ1n) is 4.11. The van der Waals surface area contributed by atoms with Gasteiger partial charge in [0, 0.05) is 0 Å². The SMILES string of the molecule is Cl.FC(F)(F)[C@@H]1CCC[C@H](C(F)(F)F)N1. The summed E-state index contributed by atoms with van der Waals surface area (Å²) in [6, 6.07) is -4.05. The highest BCUT2D eigenvalue weighted by atomic mass is 35.5. The molecule has 1 N–H and O–H groups in total. The zero-order chi connectivity index (χ0) is 11.0. The second-order valence-corrected chi connectivity index (χ2v) is 3.29. The van der Waals surface area contributed by atoms with Crippen molar-refractivity contribution < 1.29 is 26.3 Å². The molecule has 0 aliphatic carbocycles. The third-order valence-corrected chi connectivity index (χ3v) is 2.18. The Morgan fingerprint density at radius 2 is 1.13 bits per heavy atom. The molecule has 15 heavy (non-hydrogen) atoms. The molecule has 1 aliphatic rings. The van der Waals surface area contributed by atoms with E-state index in [1.54, 1.807) is 5.32 Å². The molecule has 0 amide bonds. The molecule has 1 saturated heterocycles. The fourth-order valence-corrected chi connectivity index (χ4v) is 1.45. The molecule has 1 aliphatic heterocycles. The zero-order valence-electron chi connectivity index (χ0n) is 7.45. The van der Waals surface area contributed by atoms with Crippen molar-refractivity contribution in [2.45, 2.75) is 43.7 Å². The number of rotatable bonds is 0. The second-order valence-electron chi connectivity index (χ2n) is 3.29. The van der Waals surface area contributed by atoms with Crippen LogP contribution in [0.1, 0.15) is 19.3 Å². The Labute approximate surface area is 88.6 Å². The van der Waals surface area contributed by atoms with E-state index in [0.29, 0.717) is 0 Å². The van der Waals surface area contributed by atoms with Crippen LogP contribution in [0.2, 0.25) is 0 Å². The van der Waals surface area contributed by atoms with Crippen molar-refractivity contribution in [2.75, 3.05) is 0 Å². The summed E-state index contributed by atoms with van der Waals surface area (Å²) in [5.41, 5.74) is 0. The van der Waals surface area contributed by atoms with Crippen LogP contribution in [0.3, 0.4) is 0 Å². The van der Waals surface area contributed by atoms with Crippen LogP contribution in [0.5, 0.6) is 0 Å². The van der Waals surface area contributed by atoms with Gasteiger partial charge in [-0.25, -0.2) is 0 Å². The van der Waals surface area contributed by atoms with Crippen LogP contribution < -0.4 is 5.32 Å². The van der Waals surface area contributed by atoms with E-state index in [0.717, 1.165) is 0 Å². The van der Waals surface area contributed by atoms with Gasteiger partial charge >= 0.3 is 12.4 Å². The zero-order valence-corrected chi connectivity index (χ0v) is 8.27. The first-order valence-corrected chi connectivity index (χ1v) is 4.11. The Morgan fingerprint density at radius 1 is 0.800 bits per heavy atom. The summed E-state index contributed by atoms with van der Waals surface area (Å²) in [7, 11) is 0. The van der Waals surface area contributed by atoms with Gasteiger partial charge in [-0.3, -0.25) is 5.32 Å². The molecule has 0 bridgehead atoms. The minimum atomic E-state index is -4.59. The molecule has 0 aromatic carbocycles. The largest absolute Gasteiger partial charge is 0.403 e. The molecule has 0 unspecified atom stereocenters. The van der Waals surface area contributed by atoms with E-state index in [9.17, 15) is 26.3 Å². The molecule has 1 heterocycles. The molecule has 92 valence electrons. The summed E-state index contributed by atoms with van der Waals surface area (Å²) in [6.07, 6.45) is -9.80. The molecular formula is C7H10ClF6N. The van der Waals surface area contributed by atoms with Gasteiger partial charge in [-0.05, 0) is 19.3 Å². The number of piperidine rings is 1. The molecular weight excluding hydrogens is 248 g/mol. The van der Waals surface area contributed by atoms with Crippen LogP contribution in [-0.2, 0) is 0 Å². The van der Waals surface area contributed by atoms with Crippen molar-refractivity contribution in [1.29, 1.82) is 0 Å².